The van der Waals surface area contributed by atoms with Gasteiger partial charge in [-0.05, 0) is 30.9 Å². The highest BCUT2D eigenvalue weighted by Crippen LogP contribution is 2.25. The van der Waals surface area contributed by atoms with Crippen molar-refractivity contribution in [2.45, 2.75) is 52.5 Å². The van der Waals surface area contributed by atoms with Crippen molar-refractivity contribution in [3.05, 3.63) is 35.9 Å². The van der Waals surface area contributed by atoms with Crippen molar-refractivity contribution in [3.8, 4) is 0 Å². The second-order valence-electron chi connectivity index (χ2n) is 6.00. The van der Waals surface area contributed by atoms with Crippen LogP contribution in [0.15, 0.2) is 30.3 Å². The van der Waals surface area contributed by atoms with Gasteiger partial charge in [0.05, 0.1) is 0 Å². The summed E-state index contributed by atoms with van der Waals surface area (Å²) in [4.78, 5) is 2.61. The maximum atomic E-state index is 6.22. The molecule has 20 heavy (non-hydrogen) atoms. The van der Waals surface area contributed by atoms with E-state index in [-0.39, 0.29) is 5.54 Å². The summed E-state index contributed by atoms with van der Waals surface area (Å²) in [5, 5.41) is 0. The minimum absolute atomic E-state index is 0.0968. The maximum absolute atomic E-state index is 6.22. The molecule has 0 aromatic heterocycles. The number of nitrogens with zero attached hydrogens (tertiary/aromatic N) is 1. The van der Waals surface area contributed by atoms with Crippen molar-refractivity contribution in [1.82, 2.24) is 4.90 Å². The van der Waals surface area contributed by atoms with Gasteiger partial charge in [0, 0.05) is 18.6 Å². The number of benzene rings is 1. The van der Waals surface area contributed by atoms with Gasteiger partial charge in [-0.25, -0.2) is 0 Å². The first kappa shape index (κ1) is 17.2. The Morgan fingerprint density at radius 2 is 1.80 bits per heavy atom. The molecule has 1 aromatic carbocycles. The van der Waals surface area contributed by atoms with Crippen LogP contribution in [0.4, 0.5) is 0 Å². The Hall–Kier alpha value is -0.860. The van der Waals surface area contributed by atoms with Crippen molar-refractivity contribution >= 4 is 0 Å². The topological polar surface area (TPSA) is 29.3 Å². The molecule has 0 saturated heterocycles. The minimum Gasteiger partial charge on any atom is -0.329 e. The van der Waals surface area contributed by atoms with Gasteiger partial charge in [0.2, 0.25) is 0 Å². The van der Waals surface area contributed by atoms with E-state index in [1.165, 1.54) is 12.0 Å². The zero-order chi connectivity index (χ0) is 15.0. The summed E-state index contributed by atoms with van der Waals surface area (Å²) in [6.07, 6.45) is 3.37. The van der Waals surface area contributed by atoms with E-state index in [1.807, 2.05) is 0 Å². The van der Waals surface area contributed by atoms with Crippen LogP contribution in [0.2, 0.25) is 0 Å². The molecule has 114 valence electrons. The van der Waals surface area contributed by atoms with Gasteiger partial charge in [0.25, 0.3) is 0 Å². The SMILES string of the molecule is CCC(C)CN(CC)C(CC)(CN)Cc1ccccc1. The lowest BCUT2D eigenvalue weighted by atomic mass is 9.85. The van der Waals surface area contributed by atoms with Gasteiger partial charge in [-0.1, -0.05) is 64.4 Å². The van der Waals surface area contributed by atoms with Crippen LogP contribution in [0, 0.1) is 5.92 Å². The molecule has 2 atom stereocenters. The molecule has 0 saturated carbocycles. The number of hydrogen-bond acceptors (Lipinski definition) is 2. The van der Waals surface area contributed by atoms with Crippen LogP contribution in [0.3, 0.4) is 0 Å². The molecule has 2 N–H and O–H groups in total. The molecular weight excluding hydrogens is 244 g/mol. The molecule has 2 heteroatoms. The van der Waals surface area contributed by atoms with Gasteiger partial charge in [0.1, 0.15) is 0 Å². The normalized spacial score (nSPS) is 16.1. The van der Waals surface area contributed by atoms with Gasteiger partial charge < -0.3 is 5.73 Å². The average molecular weight is 276 g/mol. The number of hydrogen-bond donors (Lipinski definition) is 1. The summed E-state index contributed by atoms with van der Waals surface area (Å²) in [6.45, 7) is 12.1. The molecule has 2 unspecified atom stereocenters. The van der Waals surface area contributed by atoms with E-state index in [4.69, 9.17) is 5.73 Å². The lowest BCUT2D eigenvalue weighted by Crippen LogP contribution is -2.56. The Balaban J connectivity index is 2.93. The first-order valence-corrected chi connectivity index (χ1v) is 8.10. The smallest absolute Gasteiger partial charge is 0.0369 e. The van der Waals surface area contributed by atoms with Crippen LogP contribution in [0.5, 0.6) is 0 Å². The van der Waals surface area contributed by atoms with Crippen molar-refractivity contribution in [1.29, 1.82) is 0 Å². The Kier molecular flexibility index (Phi) is 7.25. The monoisotopic (exact) mass is 276 g/mol. The molecule has 0 radical (unpaired) electrons. The molecular formula is C18H32N2. The highest BCUT2D eigenvalue weighted by molar-refractivity contribution is 5.18. The Labute approximate surface area is 125 Å². The molecule has 0 aliphatic heterocycles. The zero-order valence-corrected chi connectivity index (χ0v) is 13.7. The summed E-state index contributed by atoms with van der Waals surface area (Å²) < 4.78 is 0. The van der Waals surface area contributed by atoms with Crippen molar-refractivity contribution < 1.29 is 0 Å². The van der Waals surface area contributed by atoms with Gasteiger partial charge >= 0.3 is 0 Å². The van der Waals surface area contributed by atoms with Crippen LogP contribution in [0.25, 0.3) is 0 Å². The van der Waals surface area contributed by atoms with E-state index < -0.39 is 0 Å². The quantitative estimate of drug-likeness (QED) is 0.745. The summed E-state index contributed by atoms with van der Waals surface area (Å²) >= 11 is 0. The fourth-order valence-corrected chi connectivity index (χ4v) is 2.95. The third-order valence-corrected chi connectivity index (χ3v) is 4.70. The van der Waals surface area contributed by atoms with Gasteiger partial charge in [-0.2, -0.15) is 0 Å². The Morgan fingerprint density at radius 3 is 2.25 bits per heavy atom. The van der Waals surface area contributed by atoms with E-state index in [0.29, 0.717) is 0 Å². The van der Waals surface area contributed by atoms with E-state index >= 15 is 0 Å². The van der Waals surface area contributed by atoms with Crippen LogP contribution in [0.1, 0.15) is 46.1 Å². The molecule has 2 nitrogen and oxygen atoms in total. The predicted octanol–water partition coefficient (Wildman–Crippen LogP) is 3.70. The fraction of sp³-hybridized carbons (Fsp3) is 0.667. The van der Waals surface area contributed by atoms with E-state index in [1.54, 1.807) is 0 Å². The fourth-order valence-electron chi connectivity index (χ4n) is 2.95. The van der Waals surface area contributed by atoms with Gasteiger partial charge in [-0.15, -0.1) is 0 Å². The second kappa shape index (κ2) is 8.43. The molecule has 0 heterocycles. The van der Waals surface area contributed by atoms with Gasteiger partial charge in [-0.3, -0.25) is 4.90 Å². The lowest BCUT2D eigenvalue weighted by Gasteiger charge is -2.44. The molecule has 0 bridgehead atoms. The molecule has 0 aliphatic rings. The largest absolute Gasteiger partial charge is 0.329 e. The molecule has 0 amide bonds. The van der Waals surface area contributed by atoms with Crippen LogP contribution in [-0.2, 0) is 6.42 Å². The highest BCUT2D eigenvalue weighted by atomic mass is 15.2. The lowest BCUT2D eigenvalue weighted by molar-refractivity contribution is 0.0784. The summed E-state index contributed by atoms with van der Waals surface area (Å²) in [6, 6.07) is 10.8. The number of rotatable bonds is 9. The first-order valence-electron chi connectivity index (χ1n) is 8.10. The Morgan fingerprint density at radius 1 is 1.15 bits per heavy atom. The van der Waals surface area contributed by atoms with Crippen LogP contribution >= 0.6 is 0 Å². The van der Waals surface area contributed by atoms with E-state index in [9.17, 15) is 0 Å². The van der Waals surface area contributed by atoms with E-state index in [2.05, 4.69) is 62.9 Å². The Bertz CT molecular complexity index is 357. The van der Waals surface area contributed by atoms with Crippen molar-refractivity contribution in [2.24, 2.45) is 11.7 Å². The molecule has 1 aromatic rings. The zero-order valence-electron chi connectivity index (χ0n) is 13.7. The predicted molar refractivity (Wildman–Crippen MR) is 88.9 cm³/mol. The molecule has 0 aliphatic carbocycles. The molecule has 0 spiro atoms. The molecule has 1 rings (SSSR count). The van der Waals surface area contributed by atoms with Crippen LogP contribution in [-0.4, -0.2) is 30.1 Å². The summed E-state index contributed by atoms with van der Waals surface area (Å²) in [5.41, 5.74) is 7.71. The number of nitrogens with two attached hydrogens (primary N) is 1. The third-order valence-electron chi connectivity index (χ3n) is 4.70. The van der Waals surface area contributed by atoms with Crippen LogP contribution < -0.4 is 5.73 Å². The number of likely N-dealkylation sites (N-methyl/N-ethyl adjacent to an activating group) is 1. The van der Waals surface area contributed by atoms with E-state index in [0.717, 1.165) is 38.4 Å². The third kappa shape index (κ3) is 4.32. The second-order valence-corrected chi connectivity index (χ2v) is 6.00. The molecule has 0 fully saturated rings. The first-order chi connectivity index (χ1) is 9.61. The van der Waals surface area contributed by atoms with Crippen molar-refractivity contribution in [2.75, 3.05) is 19.6 Å². The summed E-state index contributed by atoms with van der Waals surface area (Å²) in [7, 11) is 0. The van der Waals surface area contributed by atoms with Crippen molar-refractivity contribution in [3.63, 3.8) is 0 Å². The standard InChI is InChI=1S/C18H32N2/c1-5-16(4)14-20(7-3)18(6-2,15-19)13-17-11-9-8-10-12-17/h8-12,16H,5-7,13-15,19H2,1-4H3. The summed E-state index contributed by atoms with van der Waals surface area (Å²) in [5.74, 6) is 0.725. The maximum Gasteiger partial charge on any atom is 0.0369 e. The average Bonchev–Trinajstić information content (AvgIpc) is 2.51. The highest BCUT2D eigenvalue weighted by Gasteiger charge is 2.33. The van der Waals surface area contributed by atoms with Gasteiger partial charge in [0.15, 0.2) is 0 Å². The minimum atomic E-state index is 0.0968.